The zero-order chi connectivity index (χ0) is 18.4. The molecule has 0 saturated carbocycles. The normalized spacial score (nSPS) is 12.2. The number of unbranched alkanes of at least 4 members (excludes halogenated alkanes) is 1. The third-order valence-electron chi connectivity index (χ3n) is 4.49. The highest BCUT2D eigenvalue weighted by Crippen LogP contribution is 2.44. The maximum Gasteiger partial charge on any atom is 0.407 e. The molecule has 0 fully saturated rings. The molecule has 2 aromatic carbocycles. The van der Waals surface area contributed by atoms with Gasteiger partial charge < -0.3 is 15.4 Å². The fraction of sp³-hybridized carbons (Fsp3) is 0.286. The quantitative estimate of drug-likeness (QED) is 0.753. The fourth-order valence-corrected chi connectivity index (χ4v) is 3.22. The van der Waals surface area contributed by atoms with Crippen LogP contribution in [0.4, 0.5) is 4.79 Å². The summed E-state index contributed by atoms with van der Waals surface area (Å²) in [5.74, 6) is -0.217. The van der Waals surface area contributed by atoms with Gasteiger partial charge in [-0.05, 0) is 28.7 Å². The zero-order valence-corrected chi connectivity index (χ0v) is 14.7. The molecule has 0 aromatic heterocycles. The first-order valence-electron chi connectivity index (χ1n) is 8.85. The van der Waals surface area contributed by atoms with Gasteiger partial charge in [-0.1, -0.05) is 61.9 Å². The lowest BCUT2D eigenvalue weighted by atomic mass is 9.98. The van der Waals surface area contributed by atoms with Gasteiger partial charge in [0, 0.05) is 12.5 Å². The Balaban J connectivity index is 1.55. The van der Waals surface area contributed by atoms with Gasteiger partial charge in [0.1, 0.15) is 6.61 Å². The van der Waals surface area contributed by atoms with Gasteiger partial charge in [0.2, 0.25) is 5.91 Å². The number of hydrogen-bond acceptors (Lipinski definition) is 3. The molecule has 26 heavy (non-hydrogen) atoms. The number of carbonyl (C=O) groups is 2. The summed E-state index contributed by atoms with van der Waals surface area (Å²) < 4.78 is 5.38. The van der Waals surface area contributed by atoms with Crippen molar-refractivity contribution < 1.29 is 14.3 Å². The van der Waals surface area contributed by atoms with Crippen LogP contribution in [0.15, 0.2) is 48.5 Å². The number of ether oxygens (including phenoxy) is 1. The first kappa shape index (κ1) is 18.0. The summed E-state index contributed by atoms with van der Waals surface area (Å²) in [4.78, 5) is 23.5. The van der Waals surface area contributed by atoms with E-state index in [0.717, 1.165) is 24.0 Å². The van der Waals surface area contributed by atoms with Crippen molar-refractivity contribution in [1.82, 2.24) is 10.6 Å². The second-order valence-corrected chi connectivity index (χ2v) is 6.24. The standard InChI is InChI=1S/C21H23N2O3/c1-2-3-12-22-20(24)13-23-21(25)26-14-19-17-10-6-4-8-15(17)16-9-5-7-11-18(16)19/h4-11,19H,1-3,12-14H2,(H,22,24)(H,23,25). The maximum absolute atomic E-state index is 11.9. The van der Waals surface area contributed by atoms with E-state index in [2.05, 4.69) is 41.8 Å². The van der Waals surface area contributed by atoms with Gasteiger partial charge >= 0.3 is 6.09 Å². The molecular formula is C21H23N2O3. The Morgan fingerprint density at radius 1 is 0.962 bits per heavy atom. The van der Waals surface area contributed by atoms with Gasteiger partial charge in [-0.25, -0.2) is 4.79 Å². The molecule has 1 radical (unpaired) electrons. The number of carbonyl (C=O) groups excluding carboxylic acids is 2. The largest absolute Gasteiger partial charge is 0.449 e. The summed E-state index contributed by atoms with van der Waals surface area (Å²) in [7, 11) is 0. The monoisotopic (exact) mass is 351 g/mol. The van der Waals surface area contributed by atoms with E-state index in [1.54, 1.807) is 0 Å². The van der Waals surface area contributed by atoms with Crippen LogP contribution in [0, 0.1) is 6.92 Å². The highest BCUT2D eigenvalue weighted by Gasteiger charge is 2.28. The number of benzene rings is 2. The summed E-state index contributed by atoms with van der Waals surface area (Å²) in [5.41, 5.74) is 4.68. The molecule has 2 amide bonds. The minimum Gasteiger partial charge on any atom is -0.449 e. The van der Waals surface area contributed by atoms with Crippen molar-refractivity contribution in [3.05, 3.63) is 66.6 Å². The van der Waals surface area contributed by atoms with Crippen LogP contribution in [0.5, 0.6) is 0 Å². The molecule has 0 saturated heterocycles. The van der Waals surface area contributed by atoms with Crippen LogP contribution in [0.2, 0.25) is 0 Å². The van der Waals surface area contributed by atoms with Crippen molar-refractivity contribution in [2.45, 2.75) is 18.8 Å². The molecule has 1 aliphatic rings. The lowest BCUT2D eigenvalue weighted by Crippen LogP contribution is -2.37. The highest BCUT2D eigenvalue weighted by atomic mass is 16.5. The Labute approximate surface area is 153 Å². The maximum atomic E-state index is 11.9. The van der Waals surface area contributed by atoms with Gasteiger partial charge in [-0.3, -0.25) is 4.79 Å². The first-order chi connectivity index (χ1) is 12.7. The number of fused-ring (bicyclic) bond motifs is 3. The predicted octanol–water partition coefficient (Wildman–Crippen LogP) is 3.26. The number of alkyl carbamates (subject to hydrolysis) is 1. The van der Waals surface area contributed by atoms with Gasteiger partial charge in [0.15, 0.2) is 0 Å². The van der Waals surface area contributed by atoms with E-state index in [1.165, 1.54) is 11.1 Å². The van der Waals surface area contributed by atoms with E-state index in [4.69, 9.17) is 4.74 Å². The number of amides is 2. The Kier molecular flexibility index (Phi) is 5.89. The van der Waals surface area contributed by atoms with E-state index in [-0.39, 0.29) is 25.0 Å². The van der Waals surface area contributed by atoms with Gasteiger partial charge in [-0.15, -0.1) is 0 Å². The SMILES string of the molecule is [CH2]CCCNC(=O)CNC(=O)OCC1c2ccccc2-c2ccccc21. The van der Waals surface area contributed by atoms with Crippen molar-refractivity contribution in [3.8, 4) is 11.1 Å². The Morgan fingerprint density at radius 3 is 2.19 bits per heavy atom. The zero-order valence-electron chi connectivity index (χ0n) is 14.7. The van der Waals surface area contributed by atoms with Gasteiger partial charge in [-0.2, -0.15) is 0 Å². The smallest absolute Gasteiger partial charge is 0.407 e. The molecule has 135 valence electrons. The average molecular weight is 351 g/mol. The summed E-state index contributed by atoms with van der Waals surface area (Å²) in [6, 6.07) is 16.3. The Hall–Kier alpha value is -2.82. The summed E-state index contributed by atoms with van der Waals surface area (Å²) in [6.07, 6.45) is 0.996. The Morgan fingerprint density at radius 2 is 1.58 bits per heavy atom. The van der Waals surface area contributed by atoms with Crippen LogP contribution in [0.3, 0.4) is 0 Å². The van der Waals surface area contributed by atoms with Crippen molar-refractivity contribution in [2.75, 3.05) is 19.7 Å². The molecule has 0 heterocycles. The van der Waals surface area contributed by atoms with Crippen molar-refractivity contribution in [2.24, 2.45) is 0 Å². The van der Waals surface area contributed by atoms with Gasteiger partial charge in [0.05, 0.1) is 6.54 Å². The summed E-state index contributed by atoms with van der Waals surface area (Å²) in [5, 5.41) is 5.21. The van der Waals surface area contributed by atoms with E-state index in [1.807, 2.05) is 24.3 Å². The Bertz CT molecular complexity index is 743. The summed E-state index contributed by atoms with van der Waals surface area (Å²) in [6.45, 7) is 4.42. The van der Waals surface area contributed by atoms with Crippen LogP contribution in [0.1, 0.15) is 29.9 Å². The van der Waals surface area contributed by atoms with Crippen LogP contribution in [-0.2, 0) is 9.53 Å². The molecule has 1 aliphatic carbocycles. The highest BCUT2D eigenvalue weighted by molar-refractivity contribution is 5.82. The molecule has 0 unspecified atom stereocenters. The van der Waals surface area contributed by atoms with Crippen molar-refractivity contribution in [1.29, 1.82) is 0 Å². The predicted molar refractivity (Wildman–Crippen MR) is 101 cm³/mol. The van der Waals surface area contributed by atoms with Gasteiger partial charge in [0.25, 0.3) is 0 Å². The van der Waals surface area contributed by atoms with E-state index < -0.39 is 6.09 Å². The fourth-order valence-electron chi connectivity index (χ4n) is 3.22. The molecule has 5 nitrogen and oxygen atoms in total. The molecule has 3 rings (SSSR count). The molecular weight excluding hydrogens is 328 g/mol. The molecule has 0 bridgehead atoms. The second kappa shape index (κ2) is 8.52. The third kappa shape index (κ3) is 4.04. The molecule has 0 aliphatic heterocycles. The van der Waals surface area contributed by atoms with Crippen LogP contribution < -0.4 is 10.6 Å². The number of hydrogen-bond donors (Lipinski definition) is 2. The molecule has 5 heteroatoms. The first-order valence-corrected chi connectivity index (χ1v) is 8.85. The number of nitrogens with one attached hydrogen (secondary N) is 2. The minimum atomic E-state index is -0.584. The van der Waals surface area contributed by atoms with E-state index >= 15 is 0 Å². The second-order valence-electron chi connectivity index (χ2n) is 6.24. The summed E-state index contributed by atoms with van der Waals surface area (Å²) >= 11 is 0. The lowest BCUT2D eigenvalue weighted by molar-refractivity contribution is -0.120. The molecule has 0 atom stereocenters. The molecule has 0 spiro atoms. The van der Waals surface area contributed by atoms with E-state index in [9.17, 15) is 9.59 Å². The van der Waals surface area contributed by atoms with Crippen LogP contribution in [0.25, 0.3) is 11.1 Å². The van der Waals surface area contributed by atoms with Crippen LogP contribution >= 0.6 is 0 Å². The van der Waals surface area contributed by atoms with E-state index in [0.29, 0.717) is 6.54 Å². The van der Waals surface area contributed by atoms with Crippen molar-refractivity contribution >= 4 is 12.0 Å². The third-order valence-corrected chi connectivity index (χ3v) is 4.49. The number of rotatable bonds is 7. The topological polar surface area (TPSA) is 67.4 Å². The average Bonchev–Trinajstić information content (AvgIpc) is 2.99. The molecule has 2 aromatic rings. The van der Waals surface area contributed by atoms with Crippen molar-refractivity contribution in [3.63, 3.8) is 0 Å². The minimum absolute atomic E-state index is 0.0130. The van der Waals surface area contributed by atoms with Crippen LogP contribution in [-0.4, -0.2) is 31.7 Å². The molecule has 2 N–H and O–H groups in total. The lowest BCUT2D eigenvalue weighted by Gasteiger charge is -2.14.